The molecule has 9 nitrogen and oxygen atoms in total. The van der Waals surface area contributed by atoms with Crippen molar-refractivity contribution < 1.29 is 19.5 Å². The van der Waals surface area contributed by atoms with Crippen molar-refractivity contribution in [3.8, 4) is 0 Å². The van der Waals surface area contributed by atoms with E-state index in [1.807, 2.05) is 0 Å². The average Bonchev–Trinajstić information content (AvgIpc) is 3.07. The number of thioether (sulfide) groups is 1. The molecule has 1 saturated heterocycles. The first-order valence-corrected chi connectivity index (χ1v) is 7.02. The molecule has 0 spiro atoms. The second kappa shape index (κ2) is 6.57. The summed E-state index contributed by atoms with van der Waals surface area (Å²) in [5.74, 6) is -0.268. The van der Waals surface area contributed by atoms with E-state index in [-0.39, 0.29) is 6.54 Å². The van der Waals surface area contributed by atoms with E-state index >= 15 is 0 Å². The minimum Gasteiger partial charge on any atom is -0.394 e. The van der Waals surface area contributed by atoms with Crippen molar-refractivity contribution >= 4 is 34.8 Å². The third kappa shape index (κ3) is 3.61. The molecule has 0 aromatic carbocycles. The molecule has 0 aromatic rings. The van der Waals surface area contributed by atoms with Gasteiger partial charge in [-0.15, -0.1) is 0 Å². The molecule has 10 heteroatoms. The van der Waals surface area contributed by atoms with Crippen molar-refractivity contribution in [3.63, 3.8) is 0 Å². The highest BCUT2D eigenvalue weighted by molar-refractivity contribution is 8.14. The Labute approximate surface area is 119 Å². The maximum absolute atomic E-state index is 11.9. The normalized spacial score (nSPS) is 22.6. The maximum Gasteiger partial charge on any atom is 0.315 e. The topological polar surface area (TPSA) is 132 Å². The number of aliphatic imine (C=N–C) groups is 1. The van der Waals surface area contributed by atoms with E-state index in [0.29, 0.717) is 11.7 Å². The van der Waals surface area contributed by atoms with Gasteiger partial charge in [0.05, 0.1) is 13.2 Å². The zero-order valence-corrected chi connectivity index (χ0v) is 11.3. The fourth-order valence-corrected chi connectivity index (χ4v) is 2.41. The molecule has 0 aliphatic carbocycles. The van der Waals surface area contributed by atoms with Gasteiger partial charge in [0.15, 0.2) is 5.17 Å². The molecule has 2 aliphatic heterocycles. The Kier molecular flexibility index (Phi) is 4.79. The Morgan fingerprint density at radius 2 is 2.35 bits per heavy atom. The lowest BCUT2D eigenvalue weighted by atomic mass is 10.2. The fourth-order valence-electron chi connectivity index (χ4n) is 1.68. The predicted octanol–water partition coefficient (Wildman–Crippen LogP) is -2.64. The van der Waals surface area contributed by atoms with Crippen molar-refractivity contribution in [1.82, 2.24) is 21.3 Å². The summed E-state index contributed by atoms with van der Waals surface area (Å²) in [6, 6.07) is -2.27. The van der Waals surface area contributed by atoms with Crippen LogP contribution in [0.25, 0.3) is 0 Å². The van der Waals surface area contributed by atoms with Crippen LogP contribution in [0.3, 0.4) is 0 Å². The number of rotatable bonds is 4. The van der Waals surface area contributed by atoms with Crippen molar-refractivity contribution in [2.75, 3.05) is 25.4 Å². The molecule has 0 aromatic heterocycles. The van der Waals surface area contributed by atoms with Crippen molar-refractivity contribution in [3.05, 3.63) is 0 Å². The lowest BCUT2D eigenvalue weighted by Gasteiger charge is -2.17. The number of urea groups is 1. The summed E-state index contributed by atoms with van der Waals surface area (Å²) in [5, 5.41) is 19.4. The summed E-state index contributed by atoms with van der Waals surface area (Å²) in [7, 11) is 0. The third-order valence-electron chi connectivity index (χ3n) is 2.72. The van der Waals surface area contributed by atoms with Crippen molar-refractivity contribution in [1.29, 1.82) is 0 Å². The van der Waals surface area contributed by atoms with Gasteiger partial charge in [-0.25, -0.2) is 4.79 Å². The van der Waals surface area contributed by atoms with Gasteiger partial charge in [-0.1, -0.05) is 11.8 Å². The standard InChI is InChI=1S/C10H15N5O4S/c16-4-6(8(18)15-10-11-1-2-20-10)13-7(17)5-3-12-9(19)14-5/h5-6,16H,1-4H2,(H,13,17)(H,11,15,18)(H2,12,14,19)/t5?,6-/m0/s1. The molecule has 4 amide bonds. The number of nitrogens with zero attached hydrogens (tertiary/aromatic N) is 1. The SMILES string of the molecule is O=C1NCC(C(=O)N[C@@H](CO)C(=O)NC2=NCCS2)N1. The molecule has 1 unspecified atom stereocenters. The molecule has 2 heterocycles. The number of nitrogens with one attached hydrogen (secondary N) is 4. The highest BCUT2D eigenvalue weighted by Crippen LogP contribution is 2.08. The molecule has 110 valence electrons. The van der Waals surface area contributed by atoms with Gasteiger partial charge in [0.2, 0.25) is 5.91 Å². The van der Waals surface area contributed by atoms with E-state index in [0.717, 1.165) is 5.75 Å². The molecule has 0 saturated carbocycles. The second-order valence-electron chi connectivity index (χ2n) is 4.18. The molecule has 5 N–H and O–H groups in total. The maximum atomic E-state index is 11.9. The van der Waals surface area contributed by atoms with E-state index in [9.17, 15) is 19.5 Å². The number of carbonyl (C=O) groups is 3. The molecule has 20 heavy (non-hydrogen) atoms. The predicted molar refractivity (Wildman–Crippen MR) is 72.2 cm³/mol. The molecule has 0 bridgehead atoms. The summed E-state index contributed by atoms with van der Waals surface area (Å²) in [4.78, 5) is 38.6. The van der Waals surface area contributed by atoms with Crippen LogP contribution in [0.15, 0.2) is 4.99 Å². The Bertz CT molecular complexity index is 455. The molecular weight excluding hydrogens is 286 g/mol. The van der Waals surface area contributed by atoms with E-state index in [1.54, 1.807) is 0 Å². The lowest BCUT2D eigenvalue weighted by Crippen LogP contribution is -2.54. The first-order chi connectivity index (χ1) is 9.60. The molecular formula is C10H15N5O4S. The number of hydrogen-bond acceptors (Lipinski definition) is 6. The van der Waals surface area contributed by atoms with Gasteiger partial charge >= 0.3 is 6.03 Å². The first-order valence-electron chi connectivity index (χ1n) is 6.04. The minimum atomic E-state index is -1.08. The van der Waals surface area contributed by atoms with Crippen molar-refractivity contribution in [2.24, 2.45) is 4.99 Å². The highest BCUT2D eigenvalue weighted by Gasteiger charge is 2.30. The summed E-state index contributed by atoms with van der Waals surface area (Å²) < 4.78 is 0. The quantitative estimate of drug-likeness (QED) is 0.387. The smallest absolute Gasteiger partial charge is 0.315 e. The largest absolute Gasteiger partial charge is 0.394 e. The summed E-state index contributed by atoms with van der Waals surface area (Å²) in [6.45, 7) is 0.243. The molecule has 2 atom stereocenters. The first kappa shape index (κ1) is 14.6. The van der Waals surface area contributed by atoms with Crippen LogP contribution >= 0.6 is 11.8 Å². The number of carbonyl (C=O) groups excluding carboxylic acids is 3. The monoisotopic (exact) mass is 301 g/mol. The van der Waals surface area contributed by atoms with E-state index in [4.69, 9.17) is 0 Å². The van der Waals surface area contributed by atoms with Crippen LogP contribution in [0.1, 0.15) is 0 Å². The average molecular weight is 301 g/mol. The van der Waals surface area contributed by atoms with Gasteiger partial charge in [-0.2, -0.15) is 0 Å². The van der Waals surface area contributed by atoms with Gasteiger partial charge in [0, 0.05) is 12.3 Å². The van der Waals surface area contributed by atoms with Gasteiger partial charge < -0.3 is 26.4 Å². The number of aliphatic hydroxyl groups excluding tert-OH is 1. The van der Waals surface area contributed by atoms with Crippen LogP contribution < -0.4 is 21.3 Å². The van der Waals surface area contributed by atoms with Gasteiger partial charge in [0.1, 0.15) is 12.1 Å². The molecule has 0 radical (unpaired) electrons. The number of amidine groups is 1. The molecule has 2 aliphatic rings. The minimum absolute atomic E-state index is 0.146. The van der Waals surface area contributed by atoms with Crippen LogP contribution in [0.5, 0.6) is 0 Å². The number of aliphatic hydroxyl groups is 1. The fraction of sp³-hybridized carbons (Fsp3) is 0.600. The zero-order valence-electron chi connectivity index (χ0n) is 10.5. The van der Waals surface area contributed by atoms with Crippen LogP contribution in [0.4, 0.5) is 4.79 Å². The van der Waals surface area contributed by atoms with E-state index in [2.05, 4.69) is 26.3 Å². The van der Waals surface area contributed by atoms with Crippen LogP contribution in [-0.4, -0.2) is 65.7 Å². The number of hydrogen-bond donors (Lipinski definition) is 5. The third-order valence-corrected chi connectivity index (χ3v) is 3.61. The number of amides is 4. The highest BCUT2D eigenvalue weighted by atomic mass is 32.2. The summed E-state index contributed by atoms with van der Waals surface area (Å²) in [6.07, 6.45) is 0. The Hall–Kier alpha value is -1.81. The van der Waals surface area contributed by atoms with E-state index < -0.39 is 36.5 Å². The van der Waals surface area contributed by atoms with Crippen LogP contribution in [-0.2, 0) is 9.59 Å². The second-order valence-corrected chi connectivity index (χ2v) is 5.26. The molecule has 2 rings (SSSR count). The lowest BCUT2D eigenvalue weighted by molar-refractivity contribution is -0.129. The Balaban J connectivity index is 1.86. The summed E-state index contributed by atoms with van der Waals surface area (Å²) >= 11 is 1.40. The van der Waals surface area contributed by atoms with E-state index in [1.165, 1.54) is 11.8 Å². The van der Waals surface area contributed by atoms with Crippen LogP contribution in [0.2, 0.25) is 0 Å². The van der Waals surface area contributed by atoms with Gasteiger partial charge in [0.25, 0.3) is 5.91 Å². The van der Waals surface area contributed by atoms with Gasteiger partial charge in [-0.05, 0) is 0 Å². The Morgan fingerprint density at radius 3 is 2.90 bits per heavy atom. The van der Waals surface area contributed by atoms with Crippen molar-refractivity contribution in [2.45, 2.75) is 12.1 Å². The molecule has 1 fully saturated rings. The van der Waals surface area contributed by atoms with Gasteiger partial charge in [-0.3, -0.25) is 14.6 Å². The van der Waals surface area contributed by atoms with Crippen LogP contribution in [0, 0.1) is 0 Å². The summed E-state index contributed by atoms with van der Waals surface area (Å²) in [5.41, 5.74) is 0. The Morgan fingerprint density at radius 1 is 1.55 bits per heavy atom. The zero-order chi connectivity index (χ0) is 14.5.